The van der Waals surface area contributed by atoms with E-state index in [4.69, 9.17) is 0 Å². The molecule has 92 valence electrons. The maximum absolute atomic E-state index is 3.55. The normalized spacial score (nSPS) is 16.8. The molecule has 15 heavy (non-hydrogen) atoms. The number of likely N-dealkylation sites (N-methyl/N-ethyl adjacent to an activating group) is 1. The van der Waals surface area contributed by atoms with Gasteiger partial charge in [0, 0.05) is 24.7 Å². The molecular weight excluding hydrogens is 184 g/mol. The molecule has 0 spiro atoms. The van der Waals surface area contributed by atoms with Crippen molar-refractivity contribution in [3.8, 4) is 0 Å². The highest BCUT2D eigenvalue weighted by Crippen LogP contribution is 2.06. The van der Waals surface area contributed by atoms with Gasteiger partial charge in [0.25, 0.3) is 0 Å². The van der Waals surface area contributed by atoms with Crippen LogP contribution in [0.4, 0.5) is 0 Å². The minimum atomic E-state index is 0.228. The van der Waals surface area contributed by atoms with Crippen molar-refractivity contribution >= 4 is 0 Å². The molecule has 2 atom stereocenters. The molecule has 0 aliphatic carbocycles. The van der Waals surface area contributed by atoms with Gasteiger partial charge in [0.05, 0.1) is 0 Å². The molecule has 0 aromatic rings. The molecule has 0 amide bonds. The van der Waals surface area contributed by atoms with Crippen LogP contribution in [0.5, 0.6) is 0 Å². The maximum Gasteiger partial charge on any atom is 0.0189 e. The Hall–Kier alpha value is -0.0800. The summed E-state index contributed by atoms with van der Waals surface area (Å²) in [6.45, 7) is 15.8. The fourth-order valence-electron chi connectivity index (χ4n) is 1.41. The number of nitrogens with one attached hydrogen (secondary N) is 1. The van der Waals surface area contributed by atoms with E-state index >= 15 is 0 Å². The van der Waals surface area contributed by atoms with Crippen LogP contribution in [0.1, 0.15) is 48.0 Å². The van der Waals surface area contributed by atoms with E-state index in [0.717, 1.165) is 12.5 Å². The van der Waals surface area contributed by atoms with E-state index in [1.165, 1.54) is 13.0 Å². The largest absolute Gasteiger partial charge is 0.311 e. The van der Waals surface area contributed by atoms with Crippen LogP contribution in [-0.2, 0) is 0 Å². The first-order chi connectivity index (χ1) is 6.76. The van der Waals surface area contributed by atoms with Gasteiger partial charge in [-0.3, -0.25) is 0 Å². The van der Waals surface area contributed by atoms with Crippen LogP contribution >= 0.6 is 0 Å². The summed E-state index contributed by atoms with van der Waals surface area (Å²) in [5, 5.41) is 3.55. The third-order valence-electron chi connectivity index (χ3n) is 2.98. The lowest BCUT2D eigenvalue weighted by Crippen LogP contribution is -2.46. The van der Waals surface area contributed by atoms with Gasteiger partial charge >= 0.3 is 0 Å². The molecule has 0 rings (SSSR count). The number of nitrogens with zero attached hydrogens (tertiary/aromatic N) is 1. The molecule has 2 heteroatoms. The summed E-state index contributed by atoms with van der Waals surface area (Å²) in [5.41, 5.74) is 0.228. The highest BCUT2D eigenvalue weighted by Gasteiger charge is 2.15. The first-order valence-corrected chi connectivity index (χ1v) is 6.21. The topological polar surface area (TPSA) is 15.3 Å². The zero-order valence-electron chi connectivity index (χ0n) is 11.7. The zero-order chi connectivity index (χ0) is 12.1. The molecule has 0 saturated carbocycles. The Kier molecular flexibility index (Phi) is 6.46. The molecule has 0 bridgehead atoms. The Bertz CT molecular complexity index is 160. The van der Waals surface area contributed by atoms with E-state index in [2.05, 4.69) is 58.8 Å². The van der Waals surface area contributed by atoms with Crippen molar-refractivity contribution in [2.24, 2.45) is 5.92 Å². The summed E-state index contributed by atoms with van der Waals surface area (Å²) in [4.78, 5) is 2.45. The third-order valence-corrected chi connectivity index (χ3v) is 2.98. The first kappa shape index (κ1) is 14.9. The van der Waals surface area contributed by atoms with Gasteiger partial charge in [0.2, 0.25) is 0 Å². The zero-order valence-corrected chi connectivity index (χ0v) is 11.7. The van der Waals surface area contributed by atoms with Gasteiger partial charge in [0.15, 0.2) is 0 Å². The molecule has 0 radical (unpaired) electrons. The van der Waals surface area contributed by atoms with Crippen LogP contribution in [0.2, 0.25) is 0 Å². The van der Waals surface area contributed by atoms with Crippen molar-refractivity contribution in [2.75, 3.05) is 20.1 Å². The van der Waals surface area contributed by atoms with E-state index in [-0.39, 0.29) is 5.54 Å². The summed E-state index contributed by atoms with van der Waals surface area (Å²) < 4.78 is 0. The second kappa shape index (κ2) is 6.49. The van der Waals surface area contributed by atoms with Crippen molar-refractivity contribution in [3.63, 3.8) is 0 Å². The van der Waals surface area contributed by atoms with Crippen LogP contribution in [0.25, 0.3) is 0 Å². The number of hydrogen-bond donors (Lipinski definition) is 1. The van der Waals surface area contributed by atoms with Gasteiger partial charge < -0.3 is 10.2 Å². The van der Waals surface area contributed by atoms with Gasteiger partial charge in [0.1, 0.15) is 0 Å². The molecule has 0 aliphatic heterocycles. The summed E-state index contributed by atoms with van der Waals surface area (Å²) in [6.07, 6.45) is 1.27. The standard InChI is InChI=1S/C13H30N2/c1-8-11(2)10-15(7)12(3)9-14-13(4,5)6/h11-12,14H,8-10H2,1-7H3. The lowest BCUT2D eigenvalue weighted by molar-refractivity contribution is 0.207. The number of hydrogen-bond acceptors (Lipinski definition) is 2. The average Bonchev–Trinajstić information content (AvgIpc) is 2.12. The van der Waals surface area contributed by atoms with Gasteiger partial charge in [-0.25, -0.2) is 0 Å². The van der Waals surface area contributed by atoms with Crippen molar-refractivity contribution in [1.82, 2.24) is 10.2 Å². The minimum absolute atomic E-state index is 0.228. The van der Waals surface area contributed by atoms with E-state index in [0.29, 0.717) is 6.04 Å². The lowest BCUT2D eigenvalue weighted by Gasteiger charge is -2.30. The van der Waals surface area contributed by atoms with E-state index in [1.54, 1.807) is 0 Å². The van der Waals surface area contributed by atoms with Crippen LogP contribution < -0.4 is 5.32 Å². The highest BCUT2D eigenvalue weighted by molar-refractivity contribution is 4.75. The molecule has 0 aromatic carbocycles. The SMILES string of the molecule is CCC(C)CN(C)C(C)CNC(C)(C)C. The molecule has 1 N–H and O–H groups in total. The maximum atomic E-state index is 3.55. The van der Waals surface area contributed by atoms with Gasteiger partial charge in [-0.2, -0.15) is 0 Å². The van der Waals surface area contributed by atoms with E-state index in [1.807, 2.05) is 0 Å². The Morgan fingerprint density at radius 1 is 1.20 bits per heavy atom. The van der Waals surface area contributed by atoms with Crippen LogP contribution in [0.3, 0.4) is 0 Å². The summed E-state index contributed by atoms with van der Waals surface area (Å²) in [7, 11) is 2.22. The molecule has 0 aliphatic rings. The highest BCUT2D eigenvalue weighted by atomic mass is 15.1. The number of rotatable bonds is 6. The van der Waals surface area contributed by atoms with E-state index in [9.17, 15) is 0 Å². The van der Waals surface area contributed by atoms with Crippen molar-refractivity contribution in [2.45, 2.75) is 59.5 Å². The molecular formula is C13H30N2. The quantitative estimate of drug-likeness (QED) is 0.731. The Morgan fingerprint density at radius 2 is 1.73 bits per heavy atom. The fraction of sp³-hybridized carbons (Fsp3) is 1.00. The van der Waals surface area contributed by atoms with Gasteiger partial charge in [-0.05, 0) is 40.7 Å². The molecule has 2 nitrogen and oxygen atoms in total. The molecule has 0 aromatic heterocycles. The summed E-state index contributed by atoms with van der Waals surface area (Å²) in [6, 6.07) is 0.609. The van der Waals surface area contributed by atoms with Crippen LogP contribution in [0.15, 0.2) is 0 Å². The average molecular weight is 214 g/mol. The minimum Gasteiger partial charge on any atom is -0.311 e. The Balaban J connectivity index is 3.83. The van der Waals surface area contributed by atoms with Crippen LogP contribution in [-0.4, -0.2) is 36.6 Å². The van der Waals surface area contributed by atoms with Gasteiger partial charge in [-0.1, -0.05) is 20.3 Å². The second-order valence-electron chi connectivity index (χ2n) is 5.93. The van der Waals surface area contributed by atoms with Gasteiger partial charge in [-0.15, -0.1) is 0 Å². The smallest absolute Gasteiger partial charge is 0.0189 e. The second-order valence-corrected chi connectivity index (χ2v) is 5.93. The summed E-state index contributed by atoms with van der Waals surface area (Å²) >= 11 is 0. The van der Waals surface area contributed by atoms with Crippen molar-refractivity contribution in [1.29, 1.82) is 0 Å². The fourth-order valence-corrected chi connectivity index (χ4v) is 1.41. The monoisotopic (exact) mass is 214 g/mol. The lowest BCUT2D eigenvalue weighted by atomic mass is 10.1. The van der Waals surface area contributed by atoms with Crippen LogP contribution in [0, 0.1) is 5.92 Å². The first-order valence-electron chi connectivity index (χ1n) is 6.21. The van der Waals surface area contributed by atoms with Crippen molar-refractivity contribution in [3.05, 3.63) is 0 Å². The summed E-state index contributed by atoms with van der Waals surface area (Å²) in [5.74, 6) is 0.798. The van der Waals surface area contributed by atoms with Crippen molar-refractivity contribution < 1.29 is 0 Å². The third kappa shape index (κ3) is 7.80. The Morgan fingerprint density at radius 3 is 2.13 bits per heavy atom. The molecule has 2 unspecified atom stereocenters. The molecule has 0 saturated heterocycles. The Labute approximate surface area is 96.4 Å². The predicted octanol–water partition coefficient (Wildman–Crippen LogP) is 2.74. The predicted molar refractivity (Wildman–Crippen MR) is 69.3 cm³/mol. The molecule has 0 heterocycles. The van der Waals surface area contributed by atoms with E-state index < -0.39 is 0 Å². The molecule has 0 fully saturated rings.